The van der Waals surface area contributed by atoms with E-state index in [1.807, 2.05) is 44.2 Å². The third kappa shape index (κ3) is 9.76. The number of esters is 1. The van der Waals surface area contributed by atoms with E-state index >= 15 is 0 Å². The Morgan fingerprint density at radius 2 is 1.63 bits per heavy atom. The van der Waals surface area contributed by atoms with E-state index in [1.165, 1.54) is 25.7 Å². The second-order valence-electron chi connectivity index (χ2n) is 17.7. The Balaban J connectivity index is 1.29. The summed E-state index contributed by atoms with van der Waals surface area (Å²) in [5, 5.41) is 7.46. The monoisotopic (exact) mass is 731 g/mol. The van der Waals surface area contributed by atoms with Gasteiger partial charge in [0.15, 0.2) is 0 Å². The van der Waals surface area contributed by atoms with E-state index in [2.05, 4.69) is 31.4 Å². The molecule has 0 saturated heterocycles. The molecule has 0 bridgehead atoms. The van der Waals surface area contributed by atoms with Gasteiger partial charge in [-0.25, -0.2) is 8.98 Å². The summed E-state index contributed by atoms with van der Waals surface area (Å²) >= 11 is 0. The molecule has 4 aliphatic carbocycles. The quantitative estimate of drug-likeness (QED) is 0.0690. The number of unbranched alkanes of at least 4 members (excludes halogenated alkanes) is 1. The first-order chi connectivity index (χ1) is 24.3. The van der Waals surface area contributed by atoms with Crippen LogP contribution in [0.3, 0.4) is 0 Å². The van der Waals surface area contributed by atoms with Gasteiger partial charge in [-0.2, -0.15) is 8.42 Å². The molecule has 1 aromatic carbocycles. The highest BCUT2D eigenvalue weighted by Gasteiger charge is 2.63. The third-order valence-corrected chi connectivity index (χ3v) is 14.8. The maximum absolute atomic E-state index is 13.7. The number of carbonyl (C=O) groups excluding carboxylic acids is 1. The summed E-state index contributed by atoms with van der Waals surface area (Å²) in [5.74, 6) is 2.57. The molecule has 1 aromatic rings. The van der Waals surface area contributed by atoms with Crippen LogP contribution in [0.2, 0.25) is 0 Å². The predicted molar refractivity (Wildman–Crippen MR) is 203 cm³/mol. The molecule has 10 heteroatoms. The van der Waals surface area contributed by atoms with Crippen molar-refractivity contribution >= 4 is 16.4 Å². The standard InChI is InChI=1S/C41H69N3O6S/c1-28(2)36(50-51(46,47)48)17-14-29(3)33-15-16-34-38-35(19-21-41(33,34)5)40(4)20-18-32(44-25-11-24-43-23-10-9-22-42)26-31(40)27-37(38)49-39(45)30-12-7-6-8-13-30/h6-8,12-13,28-29,31-38,43-44H,9-11,14-27,42H2,1-5H3,(H,46,47,48)/t29-,31?,32-,33+,34?,35?,36?,37-,38?,40-,41+/m0/s1. The van der Waals surface area contributed by atoms with Crippen LogP contribution in [0, 0.1) is 52.3 Å². The number of hydrogen-bond acceptors (Lipinski definition) is 8. The summed E-state index contributed by atoms with van der Waals surface area (Å²) in [6, 6.07) is 10.0. The van der Waals surface area contributed by atoms with Gasteiger partial charge in [0.05, 0.1) is 11.7 Å². The van der Waals surface area contributed by atoms with Crippen LogP contribution >= 0.6 is 0 Å². The SMILES string of the molecule is CC(C)C(CC[C@H](C)[C@H]1CCC2C3C(CC[C@@]21C)[C@@]1(C)CC[C@H](NCCCNCCCCN)CC1C[C@@H]3OC(=O)c1ccccc1)OS(=O)(=O)O. The number of rotatable bonds is 18. The molecule has 5 unspecified atom stereocenters. The van der Waals surface area contributed by atoms with Gasteiger partial charge in [-0.3, -0.25) is 4.55 Å². The van der Waals surface area contributed by atoms with Gasteiger partial charge in [0.1, 0.15) is 6.10 Å². The Bertz CT molecular complexity index is 1360. The fraction of sp³-hybridized carbons (Fsp3) is 0.829. The van der Waals surface area contributed by atoms with E-state index < -0.39 is 16.5 Å². The molecule has 5 N–H and O–H groups in total. The van der Waals surface area contributed by atoms with E-state index in [1.54, 1.807) is 0 Å². The summed E-state index contributed by atoms with van der Waals surface area (Å²) in [4.78, 5) is 13.7. The number of nitrogens with two attached hydrogens (primary N) is 1. The summed E-state index contributed by atoms with van der Waals surface area (Å²) < 4.78 is 44.3. The molecule has 0 radical (unpaired) electrons. The van der Waals surface area contributed by atoms with Crippen LogP contribution < -0.4 is 16.4 Å². The number of ether oxygens (including phenoxy) is 1. The number of hydrogen-bond donors (Lipinski definition) is 4. The lowest BCUT2D eigenvalue weighted by Gasteiger charge is -2.63. The van der Waals surface area contributed by atoms with Crippen molar-refractivity contribution in [1.29, 1.82) is 0 Å². The van der Waals surface area contributed by atoms with E-state index in [4.69, 9.17) is 14.7 Å². The van der Waals surface area contributed by atoms with Crippen LogP contribution in [0.15, 0.2) is 30.3 Å². The lowest BCUT2D eigenvalue weighted by Crippen LogP contribution is -2.60. The van der Waals surface area contributed by atoms with Crippen LogP contribution in [-0.2, 0) is 19.3 Å². The maximum atomic E-state index is 13.7. The first kappa shape index (κ1) is 40.6. The first-order valence-electron chi connectivity index (χ1n) is 20.3. The Morgan fingerprint density at radius 1 is 0.922 bits per heavy atom. The molecular weight excluding hydrogens is 663 g/mol. The van der Waals surface area contributed by atoms with Gasteiger partial charge in [0.2, 0.25) is 0 Å². The lowest BCUT2D eigenvalue weighted by molar-refractivity contribution is -0.168. The largest absolute Gasteiger partial charge is 0.458 e. The van der Waals surface area contributed by atoms with Gasteiger partial charge < -0.3 is 21.1 Å². The van der Waals surface area contributed by atoms with E-state index in [0.717, 1.165) is 77.5 Å². The number of fused-ring (bicyclic) bond motifs is 5. The van der Waals surface area contributed by atoms with Crippen LogP contribution in [0.25, 0.3) is 0 Å². The van der Waals surface area contributed by atoms with E-state index in [0.29, 0.717) is 53.5 Å². The van der Waals surface area contributed by atoms with Crippen molar-refractivity contribution in [2.24, 2.45) is 58.0 Å². The van der Waals surface area contributed by atoms with Gasteiger partial charge >= 0.3 is 16.4 Å². The van der Waals surface area contributed by atoms with Crippen molar-refractivity contribution in [2.45, 2.75) is 136 Å². The van der Waals surface area contributed by atoms with Crippen LogP contribution in [-0.4, -0.2) is 63.4 Å². The van der Waals surface area contributed by atoms with Gasteiger partial charge in [0, 0.05) is 12.0 Å². The average molecular weight is 732 g/mol. The molecular formula is C41H69N3O6S. The molecule has 4 saturated carbocycles. The Hall–Kier alpha value is -1.56. The van der Waals surface area contributed by atoms with Crippen LogP contribution in [0.1, 0.15) is 128 Å². The molecule has 290 valence electrons. The predicted octanol–water partition coefficient (Wildman–Crippen LogP) is 7.42. The second kappa shape index (κ2) is 17.7. The Kier molecular flexibility index (Phi) is 14.1. The van der Waals surface area contributed by atoms with Gasteiger partial charge in [0.25, 0.3) is 0 Å². The molecule has 11 atom stereocenters. The topological polar surface area (TPSA) is 140 Å². The van der Waals surface area contributed by atoms with E-state index in [-0.39, 0.29) is 28.8 Å². The summed E-state index contributed by atoms with van der Waals surface area (Å²) in [5.41, 5.74) is 6.63. The number of nitrogens with one attached hydrogen (secondary N) is 2. The number of carbonyl (C=O) groups is 1. The molecule has 0 aliphatic heterocycles. The average Bonchev–Trinajstić information content (AvgIpc) is 3.45. The highest BCUT2D eigenvalue weighted by molar-refractivity contribution is 7.80. The molecule has 51 heavy (non-hydrogen) atoms. The molecule has 0 aromatic heterocycles. The zero-order chi connectivity index (χ0) is 36.8. The van der Waals surface area contributed by atoms with Crippen LogP contribution in [0.5, 0.6) is 0 Å². The Labute approximate surface area is 309 Å². The smallest absolute Gasteiger partial charge is 0.397 e. The minimum Gasteiger partial charge on any atom is -0.458 e. The van der Waals surface area contributed by atoms with Crippen molar-refractivity contribution in [2.75, 3.05) is 26.2 Å². The molecule has 9 nitrogen and oxygen atoms in total. The molecule has 4 fully saturated rings. The van der Waals surface area contributed by atoms with Crippen molar-refractivity contribution < 1.29 is 26.7 Å². The minimum absolute atomic E-state index is 0.0173. The Morgan fingerprint density at radius 3 is 2.33 bits per heavy atom. The van der Waals surface area contributed by atoms with Crippen molar-refractivity contribution in [3.63, 3.8) is 0 Å². The molecule has 0 heterocycles. The van der Waals surface area contributed by atoms with Gasteiger partial charge in [-0.05, 0) is 168 Å². The van der Waals surface area contributed by atoms with Crippen molar-refractivity contribution in [3.8, 4) is 0 Å². The zero-order valence-electron chi connectivity index (χ0n) is 32.2. The van der Waals surface area contributed by atoms with Crippen molar-refractivity contribution in [3.05, 3.63) is 35.9 Å². The third-order valence-electron chi connectivity index (χ3n) is 14.4. The summed E-state index contributed by atoms with van der Waals surface area (Å²) in [6.07, 6.45) is 13.3. The molecule has 4 aliphatic rings. The van der Waals surface area contributed by atoms with E-state index in [9.17, 15) is 17.8 Å². The van der Waals surface area contributed by atoms with Gasteiger partial charge in [-0.15, -0.1) is 0 Å². The number of benzene rings is 1. The van der Waals surface area contributed by atoms with Crippen LogP contribution in [0.4, 0.5) is 0 Å². The maximum Gasteiger partial charge on any atom is 0.397 e. The molecule has 0 spiro atoms. The molecule has 5 rings (SSSR count). The summed E-state index contributed by atoms with van der Waals surface area (Å²) in [6.45, 7) is 15.1. The highest BCUT2D eigenvalue weighted by atomic mass is 32.3. The summed E-state index contributed by atoms with van der Waals surface area (Å²) in [7, 11) is -4.50. The lowest BCUT2D eigenvalue weighted by atomic mass is 9.43. The fourth-order valence-corrected chi connectivity index (χ4v) is 12.2. The first-order valence-corrected chi connectivity index (χ1v) is 21.7. The minimum atomic E-state index is -4.50. The van der Waals surface area contributed by atoms with Crippen molar-refractivity contribution in [1.82, 2.24) is 10.6 Å². The van der Waals surface area contributed by atoms with Gasteiger partial charge in [-0.1, -0.05) is 52.8 Å². The fourth-order valence-electron chi connectivity index (χ4n) is 11.6. The normalized spacial score (nSPS) is 34.7. The zero-order valence-corrected chi connectivity index (χ0v) is 33.0. The second-order valence-corrected chi connectivity index (χ2v) is 18.7. The highest BCUT2D eigenvalue weighted by Crippen LogP contribution is 2.69. The molecule has 0 amide bonds.